The highest BCUT2D eigenvalue weighted by molar-refractivity contribution is 9.10. The number of aryl methyl sites for hydroxylation is 1. The third-order valence-electron chi connectivity index (χ3n) is 5.52. The van der Waals surface area contributed by atoms with E-state index >= 15 is 0 Å². The van der Waals surface area contributed by atoms with Crippen LogP contribution in [0, 0.1) is 6.92 Å². The third-order valence-corrected chi connectivity index (χ3v) is 6.02. The molecule has 0 bridgehead atoms. The summed E-state index contributed by atoms with van der Waals surface area (Å²) in [7, 11) is 0. The van der Waals surface area contributed by atoms with Crippen LogP contribution in [-0.4, -0.2) is 20.4 Å². The van der Waals surface area contributed by atoms with Gasteiger partial charge in [0.25, 0.3) is 5.56 Å². The lowest BCUT2D eigenvalue weighted by Crippen LogP contribution is -2.22. The van der Waals surface area contributed by atoms with E-state index in [-0.39, 0.29) is 5.56 Å². The van der Waals surface area contributed by atoms with Crippen molar-refractivity contribution in [1.29, 1.82) is 0 Å². The molecule has 0 fully saturated rings. The molecule has 0 radical (unpaired) electrons. The number of allylic oxidation sites excluding steroid dienone is 1. The second kappa shape index (κ2) is 9.02. The monoisotopic (exact) mass is 476 g/mol. The number of nitrogens with zero attached hydrogens (tertiary/aromatic N) is 4. The molecule has 2 aromatic heterocycles. The molecule has 31 heavy (non-hydrogen) atoms. The number of halogens is 1. The first-order valence-electron chi connectivity index (χ1n) is 10.5. The molecular formula is C25H25BrN4O. The molecule has 0 aliphatic heterocycles. The highest BCUT2D eigenvalue weighted by atomic mass is 79.9. The van der Waals surface area contributed by atoms with Crippen LogP contribution in [-0.2, 0) is 13.0 Å². The number of hydrogen-bond acceptors (Lipinski definition) is 3. The molecule has 4 aromatic rings. The van der Waals surface area contributed by atoms with Crippen LogP contribution in [0.25, 0.3) is 21.8 Å². The van der Waals surface area contributed by atoms with Gasteiger partial charge in [0, 0.05) is 39.6 Å². The molecule has 158 valence electrons. The maximum absolute atomic E-state index is 13.3. The fraction of sp³-hybridized carbons (Fsp3) is 0.240. The van der Waals surface area contributed by atoms with Crippen molar-refractivity contribution in [2.45, 2.75) is 39.7 Å². The number of fused-ring (bicyclic) bond motifs is 2. The summed E-state index contributed by atoms with van der Waals surface area (Å²) in [6.45, 7) is 8.80. The van der Waals surface area contributed by atoms with Crippen LogP contribution in [0.15, 0.2) is 69.5 Å². The van der Waals surface area contributed by atoms with Gasteiger partial charge in [0.2, 0.25) is 0 Å². The molecule has 6 heteroatoms. The summed E-state index contributed by atoms with van der Waals surface area (Å²) >= 11 is 3.46. The van der Waals surface area contributed by atoms with E-state index in [9.17, 15) is 4.79 Å². The smallest absolute Gasteiger partial charge is 0.282 e. The van der Waals surface area contributed by atoms with E-state index in [1.54, 1.807) is 6.21 Å². The van der Waals surface area contributed by atoms with Crippen LogP contribution in [0.2, 0.25) is 0 Å². The summed E-state index contributed by atoms with van der Waals surface area (Å²) < 4.78 is 4.52. The molecule has 2 heterocycles. The van der Waals surface area contributed by atoms with Crippen molar-refractivity contribution < 1.29 is 0 Å². The number of unbranched alkanes of at least 4 members (excludes halogenated alkanes) is 1. The first kappa shape index (κ1) is 21.2. The Morgan fingerprint density at radius 2 is 2.00 bits per heavy atom. The summed E-state index contributed by atoms with van der Waals surface area (Å²) in [6, 6.07) is 13.8. The standard InChI is InChI=1S/C25H25BrN4O/c1-4-6-11-24-28-22-13-12-18(26)15-20(22)25(31)30(24)27-16-21-17(3)29(14-5-2)23-10-8-7-9-19(21)23/h5,7-10,12-13,15-16H,2,4,6,11,14H2,1,3H3. The molecule has 0 atom stereocenters. The molecule has 0 saturated heterocycles. The highest BCUT2D eigenvalue weighted by Gasteiger charge is 2.14. The minimum atomic E-state index is -0.152. The van der Waals surface area contributed by atoms with Crippen molar-refractivity contribution in [3.8, 4) is 0 Å². The van der Waals surface area contributed by atoms with Crippen molar-refractivity contribution in [3.63, 3.8) is 0 Å². The molecule has 0 spiro atoms. The Hall–Kier alpha value is -2.99. The molecule has 0 aliphatic carbocycles. The van der Waals surface area contributed by atoms with Crippen LogP contribution in [0.1, 0.15) is 36.8 Å². The molecule has 0 N–H and O–H groups in total. The van der Waals surface area contributed by atoms with Crippen molar-refractivity contribution >= 4 is 44.0 Å². The number of hydrogen-bond donors (Lipinski definition) is 0. The van der Waals surface area contributed by atoms with Crippen molar-refractivity contribution in [2.24, 2.45) is 5.10 Å². The van der Waals surface area contributed by atoms with Gasteiger partial charge >= 0.3 is 0 Å². The van der Waals surface area contributed by atoms with E-state index in [4.69, 9.17) is 4.98 Å². The van der Waals surface area contributed by atoms with Gasteiger partial charge in [0.1, 0.15) is 5.82 Å². The maximum atomic E-state index is 13.3. The van der Waals surface area contributed by atoms with E-state index in [1.165, 1.54) is 4.68 Å². The Morgan fingerprint density at radius 3 is 2.77 bits per heavy atom. The van der Waals surface area contributed by atoms with Crippen LogP contribution < -0.4 is 5.56 Å². The van der Waals surface area contributed by atoms with Gasteiger partial charge in [0.05, 0.1) is 17.1 Å². The first-order chi connectivity index (χ1) is 15.0. The minimum Gasteiger partial charge on any atom is -0.340 e. The predicted molar refractivity (Wildman–Crippen MR) is 132 cm³/mol. The fourth-order valence-corrected chi connectivity index (χ4v) is 4.27. The van der Waals surface area contributed by atoms with Crippen molar-refractivity contribution in [3.05, 3.63) is 87.0 Å². The molecule has 0 amide bonds. The van der Waals surface area contributed by atoms with Crippen LogP contribution >= 0.6 is 15.9 Å². The van der Waals surface area contributed by atoms with Crippen molar-refractivity contribution in [1.82, 2.24) is 14.2 Å². The molecule has 0 aliphatic rings. The Kier molecular flexibility index (Phi) is 6.18. The van der Waals surface area contributed by atoms with E-state index < -0.39 is 0 Å². The number of rotatable bonds is 7. The largest absolute Gasteiger partial charge is 0.340 e. The summed E-state index contributed by atoms with van der Waals surface area (Å²) in [6.07, 6.45) is 6.35. The van der Waals surface area contributed by atoms with Crippen molar-refractivity contribution in [2.75, 3.05) is 0 Å². The van der Waals surface area contributed by atoms with E-state index in [0.717, 1.165) is 39.5 Å². The second-order valence-electron chi connectivity index (χ2n) is 7.57. The third kappa shape index (κ3) is 4.00. The van der Waals surface area contributed by atoms with Gasteiger partial charge in [-0.1, -0.05) is 53.5 Å². The highest BCUT2D eigenvalue weighted by Crippen LogP contribution is 2.25. The zero-order chi connectivity index (χ0) is 22.0. The Balaban J connectivity index is 1.90. The quantitative estimate of drug-likeness (QED) is 0.248. The van der Waals surface area contributed by atoms with E-state index in [2.05, 4.69) is 58.2 Å². The lowest BCUT2D eigenvalue weighted by atomic mass is 10.1. The normalized spacial score (nSPS) is 11.7. The molecule has 0 unspecified atom stereocenters. The first-order valence-corrected chi connectivity index (χ1v) is 11.3. The van der Waals surface area contributed by atoms with Gasteiger partial charge < -0.3 is 4.57 Å². The SMILES string of the molecule is C=CCn1c(C)c(C=Nn2c(CCCC)nc3ccc(Br)cc3c2=O)c2ccccc21. The zero-order valence-corrected chi connectivity index (χ0v) is 19.4. The minimum absolute atomic E-state index is 0.152. The van der Waals surface area contributed by atoms with Gasteiger partial charge in [-0.15, -0.1) is 6.58 Å². The van der Waals surface area contributed by atoms with Gasteiger partial charge in [0.15, 0.2) is 0 Å². The van der Waals surface area contributed by atoms with Crippen LogP contribution in [0.4, 0.5) is 0 Å². The van der Waals surface area contributed by atoms with Gasteiger partial charge in [-0.05, 0) is 37.6 Å². The van der Waals surface area contributed by atoms with E-state index in [0.29, 0.717) is 29.7 Å². The number of para-hydroxylation sites is 1. The van der Waals surface area contributed by atoms with Crippen LogP contribution in [0.3, 0.4) is 0 Å². The van der Waals surface area contributed by atoms with Gasteiger partial charge in [-0.25, -0.2) is 4.98 Å². The fourth-order valence-electron chi connectivity index (χ4n) is 3.91. The summed E-state index contributed by atoms with van der Waals surface area (Å²) in [5.41, 5.74) is 3.76. The lowest BCUT2D eigenvalue weighted by molar-refractivity contribution is 0.675. The molecule has 0 saturated carbocycles. The average molecular weight is 477 g/mol. The summed E-state index contributed by atoms with van der Waals surface area (Å²) in [5, 5.41) is 6.31. The molecular weight excluding hydrogens is 452 g/mol. The summed E-state index contributed by atoms with van der Waals surface area (Å²) in [4.78, 5) is 18.1. The Labute approximate surface area is 189 Å². The molecule has 2 aromatic carbocycles. The second-order valence-corrected chi connectivity index (χ2v) is 8.49. The topological polar surface area (TPSA) is 52.2 Å². The number of aromatic nitrogens is 3. The number of benzene rings is 2. The summed E-state index contributed by atoms with van der Waals surface area (Å²) in [5.74, 6) is 0.686. The molecule has 4 rings (SSSR count). The van der Waals surface area contributed by atoms with E-state index in [1.807, 2.05) is 36.4 Å². The molecule has 5 nitrogen and oxygen atoms in total. The lowest BCUT2D eigenvalue weighted by Gasteiger charge is -2.09. The Bertz CT molecular complexity index is 1360. The van der Waals surface area contributed by atoms with Gasteiger partial charge in [-0.3, -0.25) is 4.79 Å². The average Bonchev–Trinajstić information content (AvgIpc) is 3.04. The maximum Gasteiger partial charge on any atom is 0.282 e. The zero-order valence-electron chi connectivity index (χ0n) is 17.8. The van der Waals surface area contributed by atoms with Crippen LogP contribution in [0.5, 0.6) is 0 Å². The predicted octanol–water partition coefficient (Wildman–Crippen LogP) is 5.83. The Morgan fingerprint density at radius 1 is 1.19 bits per heavy atom. The van der Waals surface area contributed by atoms with Gasteiger partial charge in [-0.2, -0.15) is 9.78 Å².